The summed E-state index contributed by atoms with van der Waals surface area (Å²) in [4.78, 5) is 4.64. The lowest BCUT2D eigenvalue weighted by Gasteiger charge is -2.29. The standard InChI is InChI=1S/C15H22N2OS2/c1-5-15(6-2,19-4)10-16-14-17-12-8-7-11(18-3)9-13(12)20-14/h7-9H,5-6,10H2,1-4H3,(H,16,17). The highest BCUT2D eigenvalue weighted by molar-refractivity contribution is 8.00. The minimum Gasteiger partial charge on any atom is -0.497 e. The molecule has 0 aliphatic rings. The average Bonchev–Trinajstić information content (AvgIpc) is 2.91. The molecule has 110 valence electrons. The molecule has 0 amide bonds. The fourth-order valence-electron chi connectivity index (χ4n) is 2.21. The maximum absolute atomic E-state index is 5.25. The summed E-state index contributed by atoms with van der Waals surface area (Å²) in [6, 6.07) is 6.01. The van der Waals surface area contributed by atoms with Crippen molar-refractivity contribution in [1.29, 1.82) is 0 Å². The lowest BCUT2D eigenvalue weighted by molar-refractivity contribution is 0.415. The number of fused-ring (bicyclic) bond motifs is 1. The van der Waals surface area contributed by atoms with Crippen LogP contribution in [-0.4, -0.2) is 29.6 Å². The zero-order chi connectivity index (χ0) is 14.6. The predicted octanol–water partition coefficient (Wildman–Crippen LogP) is 4.64. The van der Waals surface area contributed by atoms with Crippen LogP contribution in [0.5, 0.6) is 5.75 Å². The number of aromatic nitrogens is 1. The molecule has 0 unspecified atom stereocenters. The molecule has 0 aliphatic carbocycles. The summed E-state index contributed by atoms with van der Waals surface area (Å²) >= 11 is 3.63. The summed E-state index contributed by atoms with van der Waals surface area (Å²) in [5.74, 6) is 0.883. The van der Waals surface area contributed by atoms with E-state index in [0.717, 1.165) is 40.5 Å². The smallest absolute Gasteiger partial charge is 0.183 e. The van der Waals surface area contributed by atoms with Gasteiger partial charge in [-0.2, -0.15) is 11.8 Å². The van der Waals surface area contributed by atoms with Crippen LogP contribution in [0.4, 0.5) is 5.13 Å². The lowest BCUT2D eigenvalue weighted by Crippen LogP contribution is -2.31. The molecule has 1 aromatic carbocycles. The van der Waals surface area contributed by atoms with E-state index in [1.165, 1.54) is 0 Å². The van der Waals surface area contributed by atoms with E-state index in [4.69, 9.17) is 4.74 Å². The quantitative estimate of drug-likeness (QED) is 0.808. The van der Waals surface area contributed by atoms with Gasteiger partial charge in [0.1, 0.15) is 5.75 Å². The highest BCUT2D eigenvalue weighted by atomic mass is 32.2. The van der Waals surface area contributed by atoms with Crippen LogP contribution in [-0.2, 0) is 0 Å². The van der Waals surface area contributed by atoms with E-state index in [9.17, 15) is 0 Å². The summed E-state index contributed by atoms with van der Waals surface area (Å²) in [7, 11) is 1.69. The molecule has 2 rings (SSSR count). The second-order valence-corrected chi connectivity index (χ2v) is 7.11. The number of anilines is 1. The largest absolute Gasteiger partial charge is 0.497 e. The molecule has 1 N–H and O–H groups in total. The maximum Gasteiger partial charge on any atom is 0.183 e. The summed E-state index contributed by atoms with van der Waals surface area (Å²) in [6.45, 7) is 5.47. The predicted molar refractivity (Wildman–Crippen MR) is 91.5 cm³/mol. The van der Waals surface area contributed by atoms with E-state index >= 15 is 0 Å². The number of nitrogens with one attached hydrogen (secondary N) is 1. The van der Waals surface area contributed by atoms with Gasteiger partial charge < -0.3 is 10.1 Å². The Morgan fingerprint density at radius 2 is 2.10 bits per heavy atom. The number of hydrogen-bond acceptors (Lipinski definition) is 5. The maximum atomic E-state index is 5.25. The monoisotopic (exact) mass is 310 g/mol. The molecule has 0 spiro atoms. The SMILES string of the molecule is CCC(CC)(CNc1nc2ccc(OC)cc2s1)SC. The van der Waals surface area contributed by atoms with Crippen molar-refractivity contribution in [3.63, 3.8) is 0 Å². The molecule has 0 bridgehead atoms. The fourth-order valence-corrected chi connectivity index (χ4v) is 3.89. The van der Waals surface area contributed by atoms with Crippen molar-refractivity contribution in [2.24, 2.45) is 0 Å². The zero-order valence-electron chi connectivity index (χ0n) is 12.5. The first kappa shape index (κ1) is 15.4. The van der Waals surface area contributed by atoms with Crippen LogP contribution in [0, 0.1) is 0 Å². The molecular weight excluding hydrogens is 288 g/mol. The van der Waals surface area contributed by atoms with Crippen LogP contribution in [0.1, 0.15) is 26.7 Å². The van der Waals surface area contributed by atoms with Crippen LogP contribution in [0.2, 0.25) is 0 Å². The first-order valence-electron chi connectivity index (χ1n) is 6.90. The van der Waals surface area contributed by atoms with Crippen LogP contribution in [0.3, 0.4) is 0 Å². The number of nitrogens with zero attached hydrogens (tertiary/aromatic N) is 1. The number of rotatable bonds is 7. The molecule has 3 nitrogen and oxygen atoms in total. The zero-order valence-corrected chi connectivity index (χ0v) is 14.2. The van der Waals surface area contributed by atoms with Crippen molar-refractivity contribution >= 4 is 38.4 Å². The van der Waals surface area contributed by atoms with Gasteiger partial charge >= 0.3 is 0 Å². The van der Waals surface area contributed by atoms with E-state index in [1.54, 1.807) is 18.4 Å². The molecule has 0 saturated heterocycles. The summed E-state index contributed by atoms with van der Waals surface area (Å²) < 4.78 is 6.72. The molecule has 1 heterocycles. The van der Waals surface area contributed by atoms with Gasteiger partial charge in [-0.1, -0.05) is 25.2 Å². The number of benzene rings is 1. The van der Waals surface area contributed by atoms with E-state index in [0.29, 0.717) is 4.75 Å². The van der Waals surface area contributed by atoms with Gasteiger partial charge in [0, 0.05) is 11.3 Å². The van der Waals surface area contributed by atoms with Crippen molar-refractivity contribution in [1.82, 2.24) is 4.98 Å². The molecule has 0 saturated carbocycles. The minimum absolute atomic E-state index is 0.301. The van der Waals surface area contributed by atoms with E-state index in [-0.39, 0.29) is 0 Å². The van der Waals surface area contributed by atoms with Gasteiger partial charge in [-0.05, 0) is 37.3 Å². The first-order valence-corrected chi connectivity index (χ1v) is 8.94. The number of ether oxygens (including phenoxy) is 1. The van der Waals surface area contributed by atoms with Crippen LogP contribution >= 0.6 is 23.1 Å². The van der Waals surface area contributed by atoms with Gasteiger partial charge in [0.2, 0.25) is 0 Å². The van der Waals surface area contributed by atoms with Gasteiger partial charge in [-0.25, -0.2) is 4.98 Å². The minimum atomic E-state index is 0.301. The number of methoxy groups -OCH3 is 1. The normalized spacial score (nSPS) is 11.8. The molecule has 20 heavy (non-hydrogen) atoms. The van der Waals surface area contributed by atoms with Crippen LogP contribution < -0.4 is 10.1 Å². The second kappa shape index (κ2) is 6.68. The van der Waals surface area contributed by atoms with Gasteiger partial charge in [-0.3, -0.25) is 0 Å². The Labute approximate surface area is 129 Å². The van der Waals surface area contributed by atoms with Crippen molar-refractivity contribution in [2.75, 3.05) is 25.2 Å². The van der Waals surface area contributed by atoms with Crippen molar-refractivity contribution in [2.45, 2.75) is 31.4 Å². The molecule has 1 aromatic heterocycles. The number of thiazole rings is 1. The summed E-state index contributed by atoms with van der Waals surface area (Å²) in [6.07, 6.45) is 4.52. The molecule has 0 aliphatic heterocycles. The van der Waals surface area contributed by atoms with Crippen molar-refractivity contribution < 1.29 is 4.74 Å². The number of hydrogen-bond donors (Lipinski definition) is 1. The Balaban J connectivity index is 2.14. The van der Waals surface area contributed by atoms with Gasteiger partial charge in [0.05, 0.1) is 17.3 Å². The highest BCUT2D eigenvalue weighted by Crippen LogP contribution is 2.33. The van der Waals surface area contributed by atoms with E-state index < -0.39 is 0 Å². The Hall–Kier alpha value is -0.940. The third-order valence-corrected chi connectivity index (χ3v) is 6.44. The molecule has 5 heteroatoms. The van der Waals surface area contributed by atoms with E-state index in [1.807, 2.05) is 30.0 Å². The Bertz CT molecular complexity index is 556. The topological polar surface area (TPSA) is 34.2 Å². The molecule has 2 aromatic rings. The first-order chi connectivity index (χ1) is 9.66. The van der Waals surface area contributed by atoms with E-state index in [2.05, 4.69) is 30.4 Å². The van der Waals surface area contributed by atoms with Crippen molar-refractivity contribution in [3.05, 3.63) is 18.2 Å². The Morgan fingerprint density at radius 3 is 2.70 bits per heavy atom. The third kappa shape index (κ3) is 3.20. The third-order valence-electron chi connectivity index (χ3n) is 3.88. The second-order valence-electron chi connectivity index (χ2n) is 4.80. The summed E-state index contributed by atoms with van der Waals surface area (Å²) in [5.41, 5.74) is 1.03. The molecule has 0 atom stereocenters. The Morgan fingerprint density at radius 1 is 1.35 bits per heavy atom. The number of thioether (sulfide) groups is 1. The lowest BCUT2D eigenvalue weighted by atomic mass is 10.0. The highest BCUT2D eigenvalue weighted by Gasteiger charge is 2.24. The molecule has 0 fully saturated rings. The Kier molecular flexibility index (Phi) is 5.16. The fraction of sp³-hybridized carbons (Fsp3) is 0.533. The van der Waals surface area contributed by atoms with Gasteiger partial charge in [0.15, 0.2) is 5.13 Å². The van der Waals surface area contributed by atoms with Gasteiger partial charge in [0.25, 0.3) is 0 Å². The van der Waals surface area contributed by atoms with Crippen LogP contribution in [0.25, 0.3) is 10.2 Å². The molecule has 0 radical (unpaired) electrons. The van der Waals surface area contributed by atoms with Gasteiger partial charge in [-0.15, -0.1) is 0 Å². The molecular formula is C15H22N2OS2. The van der Waals surface area contributed by atoms with Crippen LogP contribution in [0.15, 0.2) is 18.2 Å². The van der Waals surface area contributed by atoms with Crippen molar-refractivity contribution in [3.8, 4) is 5.75 Å². The average molecular weight is 310 g/mol. The summed E-state index contributed by atoms with van der Waals surface area (Å²) in [5, 5.41) is 4.51.